The predicted octanol–water partition coefficient (Wildman–Crippen LogP) is 3.01. The fraction of sp³-hybridized carbons (Fsp3) is 0.450. The summed E-state index contributed by atoms with van der Waals surface area (Å²) in [6.07, 6.45) is 0. The summed E-state index contributed by atoms with van der Waals surface area (Å²) in [5.41, 5.74) is 0.291. The number of benzene rings is 1. The monoisotopic (exact) mass is 451 g/mol. The molecule has 0 aliphatic carbocycles. The number of rotatable bonds is 8. The number of methoxy groups -OCH3 is 1. The Balaban J connectivity index is 2.20. The molecule has 1 heterocycles. The van der Waals surface area contributed by atoms with Gasteiger partial charge in [0.05, 0.1) is 17.2 Å². The van der Waals surface area contributed by atoms with Gasteiger partial charge >= 0.3 is 0 Å². The molecular weight excluding hydrogens is 426 g/mol. The van der Waals surface area contributed by atoms with Gasteiger partial charge in [-0.2, -0.15) is 5.10 Å². The highest BCUT2D eigenvalue weighted by molar-refractivity contribution is 6.32. The number of halogens is 1. The zero-order valence-corrected chi connectivity index (χ0v) is 18.9. The number of nitrogens with one attached hydrogen (secondary N) is 1. The molecule has 0 aliphatic heterocycles. The second-order valence-corrected chi connectivity index (χ2v) is 8.39. The van der Waals surface area contributed by atoms with E-state index in [1.54, 1.807) is 17.8 Å². The van der Waals surface area contributed by atoms with Gasteiger partial charge in [0.2, 0.25) is 5.91 Å². The van der Waals surface area contributed by atoms with Crippen LogP contribution in [0.3, 0.4) is 0 Å². The maximum absolute atomic E-state index is 12.9. The van der Waals surface area contributed by atoms with Crippen LogP contribution in [0.1, 0.15) is 36.8 Å². The van der Waals surface area contributed by atoms with Crippen LogP contribution in [0.5, 0.6) is 0 Å². The van der Waals surface area contributed by atoms with E-state index in [-0.39, 0.29) is 41.4 Å². The molecule has 0 saturated heterocycles. The Kier molecular flexibility index (Phi) is 7.75. The summed E-state index contributed by atoms with van der Waals surface area (Å²) < 4.78 is 6.59. The molecule has 0 saturated carbocycles. The molecule has 11 heteroatoms. The van der Waals surface area contributed by atoms with Crippen molar-refractivity contribution in [2.24, 2.45) is 7.05 Å². The minimum Gasteiger partial charge on any atom is -0.383 e. The number of carbonyl (C=O) groups excluding carboxylic acids is 2. The third kappa shape index (κ3) is 6.25. The number of nitro groups is 1. The zero-order valence-electron chi connectivity index (χ0n) is 18.1. The molecule has 0 bridgehead atoms. The summed E-state index contributed by atoms with van der Waals surface area (Å²) in [5, 5.41) is 18.2. The lowest BCUT2D eigenvalue weighted by Gasteiger charge is -2.22. The molecule has 2 amide bonds. The fourth-order valence-corrected chi connectivity index (χ4v) is 2.92. The van der Waals surface area contributed by atoms with E-state index in [0.29, 0.717) is 5.82 Å². The molecule has 0 spiro atoms. The van der Waals surface area contributed by atoms with E-state index >= 15 is 0 Å². The smallest absolute Gasteiger partial charge is 0.288 e. The van der Waals surface area contributed by atoms with Crippen molar-refractivity contribution in [3.05, 3.63) is 50.7 Å². The SMILES string of the molecule is COCCN(CC(=O)Nc1cc(C(C)(C)C)nn1C)C(=O)c1ccc(Cl)c([N+](=O)[O-])c1. The number of amides is 2. The van der Waals surface area contributed by atoms with Gasteiger partial charge in [-0.15, -0.1) is 0 Å². The van der Waals surface area contributed by atoms with Crippen LogP contribution in [0, 0.1) is 10.1 Å². The second kappa shape index (κ2) is 9.88. The molecule has 1 aromatic carbocycles. The maximum atomic E-state index is 12.9. The maximum Gasteiger partial charge on any atom is 0.288 e. The number of ether oxygens (including phenoxy) is 1. The Hall–Kier alpha value is -2.98. The average Bonchev–Trinajstić information content (AvgIpc) is 3.05. The van der Waals surface area contributed by atoms with Gasteiger partial charge in [-0.3, -0.25) is 24.4 Å². The molecule has 0 atom stereocenters. The Morgan fingerprint density at radius 1 is 1.32 bits per heavy atom. The van der Waals surface area contributed by atoms with E-state index in [0.717, 1.165) is 11.8 Å². The van der Waals surface area contributed by atoms with E-state index in [9.17, 15) is 19.7 Å². The van der Waals surface area contributed by atoms with Crippen LogP contribution in [0.15, 0.2) is 24.3 Å². The standard InChI is InChI=1S/C20H26ClN5O5/c1-20(2,3)16-11-17(24(4)23-16)22-18(27)12-25(8-9-31-5)19(28)13-6-7-14(21)15(10-13)26(29)30/h6-7,10-11H,8-9,12H2,1-5H3,(H,22,27). The van der Waals surface area contributed by atoms with Gasteiger partial charge in [0, 0.05) is 43.8 Å². The van der Waals surface area contributed by atoms with E-state index in [1.165, 1.54) is 24.1 Å². The average molecular weight is 452 g/mol. The first kappa shape index (κ1) is 24.3. The molecule has 2 aromatic rings. The molecule has 1 N–H and O–H groups in total. The van der Waals surface area contributed by atoms with Crippen LogP contribution in [0.4, 0.5) is 11.5 Å². The Labute approximate surface area is 185 Å². The Bertz CT molecular complexity index is 983. The van der Waals surface area contributed by atoms with Crippen molar-refractivity contribution in [2.75, 3.05) is 32.1 Å². The molecule has 0 aliphatic rings. The van der Waals surface area contributed by atoms with Gasteiger partial charge in [-0.1, -0.05) is 32.4 Å². The van der Waals surface area contributed by atoms with Gasteiger partial charge in [0.25, 0.3) is 11.6 Å². The summed E-state index contributed by atoms with van der Waals surface area (Å²) >= 11 is 5.82. The van der Waals surface area contributed by atoms with Gasteiger partial charge < -0.3 is 15.0 Å². The first-order valence-electron chi connectivity index (χ1n) is 9.50. The number of aryl methyl sites for hydroxylation is 1. The van der Waals surface area contributed by atoms with Gasteiger partial charge in [-0.05, 0) is 12.1 Å². The van der Waals surface area contributed by atoms with Crippen molar-refractivity contribution in [2.45, 2.75) is 26.2 Å². The normalized spacial score (nSPS) is 11.3. The van der Waals surface area contributed by atoms with Crippen LogP contribution in [-0.2, 0) is 22.0 Å². The largest absolute Gasteiger partial charge is 0.383 e. The van der Waals surface area contributed by atoms with Crippen molar-refractivity contribution in [1.82, 2.24) is 14.7 Å². The van der Waals surface area contributed by atoms with Crippen molar-refractivity contribution in [3.8, 4) is 0 Å². The molecule has 0 fully saturated rings. The van der Waals surface area contributed by atoms with Gasteiger partial charge in [0.1, 0.15) is 17.4 Å². The third-order valence-corrected chi connectivity index (χ3v) is 4.81. The Morgan fingerprint density at radius 3 is 2.55 bits per heavy atom. The molecule has 0 unspecified atom stereocenters. The zero-order chi connectivity index (χ0) is 23.3. The molecular formula is C20H26ClN5O5. The van der Waals surface area contributed by atoms with Crippen LogP contribution in [-0.4, -0.2) is 58.2 Å². The highest BCUT2D eigenvalue weighted by Crippen LogP contribution is 2.26. The number of nitro benzene ring substituents is 1. The van der Waals surface area contributed by atoms with E-state index in [2.05, 4.69) is 10.4 Å². The lowest BCUT2D eigenvalue weighted by molar-refractivity contribution is -0.384. The minimum atomic E-state index is -0.666. The highest BCUT2D eigenvalue weighted by atomic mass is 35.5. The number of anilines is 1. The first-order chi connectivity index (χ1) is 14.4. The summed E-state index contributed by atoms with van der Waals surface area (Å²) in [7, 11) is 3.19. The number of carbonyl (C=O) groups is 2. The van der Waals surface area contributed by atoms with E-state index < -0.39 is 16.7 Å². The molecule has 2 rings (SSSR count). The molecule has 31 heavy (non-hydrogen) atoms. The minimum absolute atomic E-state index is 0.0514. The van der Waals surface area contributed by atoms with Crippen molar-refractivity contribution < 1.29 is 19.2 Å². The lowest BCUT2D eigenvalue weighted by atomic mass is 9.92. The number of hydrogen-bond acceptors (Lipinski definition) is 6. The summed E-state index contributed by atoms with van der Waals surface area (Å²) in [5.74, 6) is -0.486. The highest BCUT2D eigenvalue weighted by Gasteiger charge is 2.24. The van der Waals surface area contributed by atoms with E-state index in [1.807, 2.05) is 20.8 Å². The topological polar surface area (TPSA) is 120 Å². The molecule has 1 aromatic heterocycles. The second-order valence-electron chi connectivity index (χ2n) is 7.98. The van der Waals surface area contributed by atoms with Crippen LogP contribution >= 0.6 is 11.6 Å². The van der Waals surface area contributed by atoms with Gasteiger partial charge in [-0.25, -0.2) is 0 Å². The van der Waals surface area contributed by atoms with Crippen LogP contribution in [0.25, 0.3) is 0 Å². The fourth-order valence-electron chi connectivity index (χ4n) is 2.73. The Morgan fingerprint density at radius 2 is 2.00 bits per heavy atom. The van der Waals surface area contributed by atoms with Crippen molar-refractivity contribution >= 4 is 34.9 Å². The quantitative estimate of drug-likeness (QED) is 0.486. The molecule has 0 radical (unpaired) electrons. The number of hydrogen-bond donors (Lipinski definition) is 1. The number of nitrogens with zero attached hydrogens (tertiary/aromatic N) is 4. The summed E-state index contributed by atoms with van der Waals surface area (Å²) in [6, 6.07) is 5.54. The third-order valence-electron chi connectivity index (χ3n) is 4.49. The first-order valence-corrected chi connectivity index (χ1v) is 9.88. The predicted molar refractivity (Wildman–Crippen MR) is 116 cm³/mol. The van der Waals surface area contributed by atoms with Crippen molar-refractivity contribution in [3.63, 3.8) is 0 Å². The summed E-state index contributed by atoms with van der Waals surface area (Å²) in [4.78, 5) is 37.3. The van der Waals surface area contributed by atoms with Crippen molar-refractivity contribution in [1.29, 1.82) is 0 Å². The van der Waals surface area contributed by atoms with Crippen LogP contribution in [0.2, 0.25) is 5.02 Å². The summed E-state index contributed by atoms with van der Waals surface area (Å²) in [6.45, 7) is 6.08. The lowest BCUT2D eigenvalue weighted by Crippen LogP contribution is -2.40. The molecule has 168 valence electrons. The van der Waals surface area contributed by atoms with E-state index in [4.69, 9.17) is 16.3 Å². The number of aromatic nitrogens is 2. The van der Waals surface area contributed by atoms with Gasteiger partial charge in [0.15, 0.2) is 0 Å². The van der Waals surface area contributed by atoms with Crippen LogP contribution < -0.4 is 5.32 Å². The molecule has 10 nitrogen and oxygen atoms in total.